The maximum Gasteiger partial charge on any atom is 0.226 e. The molecule has 0 unspecified atom stereocenters. The number of hydrogen-bond acceptors (Lipinski definition) is 7. The Morgan fingerprint density at radius 1 is 1.06 bits per heavy atom. The van der Waals surface area contributed by atoms with Crippen LogP contribution in [0.4, 0.5) is 17.5 Å². The Morgan fingerprint density at radius 2 is 1.86 bits per heavy atom. The number of nitrogens with one attached hydrogen (secondary N) is 2. The summed E-state index contributed by atoms with van der Waals surface area (Å²) in [5.41, 5.74) is 2.06. The summed E-state index contributed by atoms with van der Waals surface area (Å²) in [6, 6.07) is 13.9. The van der Waals surface area contributed by atoms with Gasteiger partial charge in [-0.05, 0) is 31.9 Å². The van der Waals surface area contributed by atoms with Gasteiger partial charge in [0, 0.05) is 63.5 Å². The Morgan fingerprint density at radius 3 is 2.60 bits per heavy atom. The van der Waals surface area contributed by atoms with E-state index in [0.717, 1.165) is 86.6 Å². The first kappa shape index (κ1) is 23.3. The number of likely N-dealkylation sites (N-methyl/N-ethyl adjacent to an activating group) is 1. The summed E-state index contributed by atoms with van der Waals surface area (Å²) in [7, 11) is 2.15. The van der Waals surface area contributed by atoms with E-state index in [-0.39, 0.29) is 5.91 Å². The van der Waals surface area contributed by atoms with Crippen molar-refractivity contribution in [2.24, 2.45) is 5.92 Å². The van der Waals surface area contributed by atoms with Crippen molar-refractivity contribution in [1.82, 2.24) is 30.0 Å². The van der Waals surface area contributed by atoms with Gasteiger partial charge in [0.2, 0.25) is 5.91 Å². The van der Waals surface area contributed by atoms with Crippen molar-refractivity contribution in [2.45, 2.75) is 26.2 Å². The molecule has 9 heteroatoms. The molecule has 184 valence electrons. The Kier molecular flexibility index (Phi) is 6.94. The highest BCUT2D eigenvalue weighted by Gasteiger charge is 2.27. The first-order chi connectivity index (χ1) is 17.0. The van der Waals surface area contributed by atoms with Crippen LogP contribution in [0.2, 0.25) is 0 Å². The van der Waals surface area contributed by atoms with Crippen molar-refractivity contribution >= 4 is 23.4 Å². The highest BCUT2D eigenvalue weighted by Crippen LogP contribution is 2.25. The number of aromatic amines is 1. The minimum absolute atomic E-state index is 0.196. The number of rotatable bonds is 7. The molecule has 2 aromatic heterocycles. The number of likely N-dealkylation sites (tertiary alicyclic amines) is 1. The van der Waals surface area contributed by atoms with Crippen molar-refractivity contribution in [2.75, 3.05) is 56.5 Å². The lowest BCUT2D eigenvalue weighted by atomic mass is 10.0. The van der Waals surface area contributed by atoms with Gasteiger partial charge in [0.05, 0.1) is 6.42 Å². The van der Waals surface area contributed by atoms with Gasteiger partial charge in [-0.25, -0.2) is 9.97 Å². The van der Waals surface area contributed by atoms with Crippen molar-refractivity contribution < 1.29 is 4.79 Å². The van der Waals surface area contributed by atoms with Gasteiger partial charge in [0.15, 0.2) is 5.82 Å². The molecule has 35 heavy (non-hydrogen) atoms. The molecule has 0 spiro atoms. The standard InChI is InChI=1S/C26H34N8O/c1-19-14-24(31-30-19)28-23-17-25(33-12-10-32(2)11-13-33)29-22(27-23)15-21-8-9-34(18-21)26(35)16-20-6-4-3-5-7-20/h3-7,14,17,21H,8-13,15-16,18H2,1-2H3,(H2,27,28,29,30,31)/t21-/m1/s1. The maximum absolute atomic E-state index is 12.8. The van der Waals surface area contributed by atoms with E-state index in [1.165, 1.54) is 0 Å². The third kappa shape index (κ3) is 5.97. The molecule has 2 saturated heterocycles. The third-order valence-electron chi connectivity index (χ3n) is 6.86. The molecule has 0 saturated carbocycles. The summed E-state index contributed by atoms with van der Waals surface area (Å²) in [6.07, 6.45) is 2.19. The summed E-state index contributed by atoms with van der Waals surface area (Å²) in [5, 5.41) is 10.6. The van der Waals surface area contributed by atoms with Crippen LogP contribution in [0.15, 0.2) is 42.5 Å². The van der Waals surface area contributed by atoms with E-state index in [2.05, 4.69) is 32.4 Å². The van der Waals surface area contributed by atoms with Crippen LogP contribution in [0.5, 0.6) is 0 Å². The number of H-pyrrole nitrogens is 1. The number of hydrogen-bond donors (Lipinski definition) is 2. The van der Waals surface area contributed by atoms with Gasteiger partial charge in [-0.15, -0.1) is 0 Å². The topological polar surface area (TPSA) is 93.3 Å². The average molecular weight is 475 g/mol. The van der Waals surface area contributed by atoms with Gasteiger partial charge in [0.25, 0.3) is 0 Å². The van der Waals surface area contributed by atoms with E-state index < -0.39 is 0 Å². The second kappa shape index (κ2) is 10.4. The number of carbonyl (C=O) groups is 1. The molecule has 9 nitrogen and oxygen atoms in total. The van der Waals surface area contributed by atoms with Crippen molar-refractivity contribution in [3.8, 4) is 0 Å². The minimum atomic E-state index is 0.196. The van der Waals surface area contributed by atoms with E-state index in [4.69, 9.17) is 9.97 Å². The van der Waals surface area contributed by atoms with Crippen LogP contribution in [0, 0.1) is 12.8 Å². The number of benzene rings is 1. The van der Waals surface area contributed by atoms with Crippen LogP contribution in [0.3, 0.4) is 0 Å². The smallest absolute Gasteiger partial charge is 0.226 e. The molecule has 1 aromatic carbocycles. The monoisotopic (exact) mass is 474 g/mol. The Bertz CT molecular complexity index is 1140. The molecule has 0 bridgehead atoms. The lowest BCUT2D eigenvalue weighted by Crippen LogP contribution is -2.45. The molecular weight excluding hydrogens is 440 g/mol. The van der Waals surface area contributed by atoms with Crippen LogP contribution >= 0.6 is 0 Å². The van der Waals surface area contributed by atoms with Crippen LogP contribution < -0.4 is 10.2 Å². The van der Waals surface area contributed by atoms with Gasteiger partial charge in [-0.3, -0.25) is 9.89 Å². The van der Waals surface area contributed by atoms with Gasteiger partial charge in [-0.2, -0.15) is 5.10 Å². The molecule has 0 aliphatic carbocycles. The molecule has 1 atom stereocenters. The van der Waals surface area contributed by atoms with Crippen molar-refractivity contribution in [3.63, 3.8) is 0 Å². The lowest BCUT2D eigenvalue weighted by Gasteiger charge is -2.33. The molecule has 1 amide bonds. The zero-order valence-corrected chi connectivity index (χ0v) is 20.6. The van der Waals surface area contributed by atoms with E-state index in [1.807, 2.05) is 54.3 Å². The molecule has 2 aliphatic rings. The summed E-state index contributed by atoms with van der Waals surface area (Å²) in [6.45, 7) is 7.45. The molecule has 3 aromatic rings. The number of amides is 1. The summed E-state index contributed by atoms with van der Waals surface area (Å²) >= 11 is 0. The van der Waals surface area contributed by atoms with Crippen LogP contribution in [0.1, 0.15) is 23.5 Å². The van der Waals surface area contributed by atoms with Crippen molar-refractivity contribution in [3.05, 3.63) is 59.5 Å². The first-order valence-electron chi connectivity index (χ1n) is 12.4. The average Bonchev–Trinajstić information content (AvgIpc) is 3.49. The number of aryl methyl sites for hydroxylation is 1. The largest absolute Gasteiger partial charge is 0.354 e. The fourth-order valence-electron chi connectivity index (χ4n) is 4.82. The predicted molar refractivity (Wildman–Crippen MR) is 137 cm³/mol. The predicted octanol–water partition coefficient (Wildman–Crippen LogP) is 2.64. The number of aromatic nitrogens is 4. The van der Waals surface area contributed by atoms with Crippen LogP contribution in [-0.4, -0.2) is 82.2 Å². The quantitative estimate of drug-likeness (QED) is 0.544. The second-order valence-electron chi connectivity index (χ2n) is 9.74. The third-order valence-corrected chi connectivity index (χ3v) is 6.86. The van der Waals surface area contributed by atoms with Gasteiger partial charge >= 0.3 is 0 Å². The molecule has 2 fully saturated rings. The summed E-state index contributed by atoms with van der Waals surface area (Å²) < 4.78 is 0. The Balaban J connectivity index is 1.28. The SMILES string of the molecule is Cc1cc(Nc2cc(N3CCN(C)CC3)nc(C[C@H]3CCN(C(=O)Cc4ccccc4)C3)n2)n[nH]1. The second-order valence-corrected chi connectivity index (χ2v) is 9.74. The highest BCUT2D eigenvalue weighted by atomic mass is 16.2. The van der Waals surface area contributed by atoms with E-state index in [9.17, 15) is 4.79 Å². The van der Waals surface area contributed by atoms with Gasteiger partial charge in [0.1, 0.15) is 17.5 Å². The molecule has 5 rings (SSSR count). The van der Waals surface area contributed by atoms with E-state index in [1.54, 1.807) is 0 Å². The van der Waals surface area contributed by atoms with Crippen LogP contribution in [-0.2, 0) is 17.6 Å². The number of anilines is 3. The molecule has 0 radical (unpaired) electrons. The zero-order valence-electron chi connectivity index (χ0n) is 20.6. The molecular formula is C26H34N8O. The first-order valence-corrected chi connectivity index (χ1v) is 12.4. The molecule has 4 heterocycles. The van der Waals surface area contributed by atoms with E-state index >= 15 is 0 Å². The summed E-state index contributed by atoms with van der Waals surface area (Å²) in [5.74, 6) is 3.83. The number of piperazine rings is 1. The Labute approximate surface area is 206 Å². The summed E-state index contributed by atoms with van der Waals surface area (Å²) in [4.78, 5) is 29.3. The maximum atomic E-state index is 12.8. The van der Waals surface area contributed by atoms with Crippen LogP contribution in [0.25, 0.3) is 0 Å². The minimum Gasteiger partial charge on any atom is -0.354 e. The normalized spacial score (nSPS) is 18.7. The fourth-order valence-corrected chi connectivity index (χ4v) is 4.82. The van der Waals surface area contributed by atoms with Gasteiger partial charge in [-0.1, -0.05) is 30.3 Å². The molecule has 2 aliphatic heterocycles. The van der Waals surface area contributed by atoms with E-state index in [0.29, 0.717) is 12.3 Å². The number of nitrogens with zero attached hydrogens (tertiary/aromatic N) is 6. The fraction of sp³-hybridized carbons (Fsp3) is 0.462. The lowest BCUT2D eigenvalue weighted by molar-refractivity contribution is -0.129. The highest BCUT2D eigenvalue weighted by molar-refractivity contribution is 5.79. The Hall–Kier alpha value is -3.46. The van der Waals surface area contributed by atoms with Crippen molar-refractivity contribution in [1.29, 1.82) is 0 Å². The molecule has 2 N–H and O–H groups in total. The number of carbonyl (C=O) groups excluding carboxylic acids is 1. The van der Waals surface area contributed by atoms with Gasteiger partial charge < -0.3 is 20.0 Å². The zero-order chi connectivity index (χ0) is 24.2.